The van der Waals surface area contributed by atoms with Crippen LogP contribution >= 0.6 is 0 Å². The zero-order chi connectivity index (χ0) is 25.9. The van der Waals surface area contributed by atoms with Crippen LogP contribution in [0.3, 0.4) is 0 Å². The molecule has 4 heterocycles. The highest BCUT2D eigenvalue weighted by Gasteiger charge is 2.26. The number of anilines is 1. The molecule has 1 saturated heterocycles. The van der Waals surface area contributed by atoms with Crippen LogP contribution in [0, 0.1) is 11.3 Å². The topological polar surface area (TPSA) is 90.9 Å². The Labute approximate surface area is 220 Å². The first-order chi connectivity index (χ1) is 18.7. The van der Waals surface area contributed by atoms with Crippen LogP contribution in [0.15, 0.2) is 91.3 Å². The Hall–Kier alpha value is -5.03. The molecule has 6 rings (SSSR count). The molecule has 0 unspecified atom stereocenters. The van der Waals surface area contributed by atoms with E-state index in [4.69, 9.17) is 4.98 Å². The van der Waals surface area contributed by atoms with Crippen LogP contribution in [0.1, 0.15) is 21.5 Å². The highest BCUT2D eigenvalue weighted by Crippen LogP contribution is 2.27. The highest BCUT2D eigenvalue weighted by atomic mass is 16.2. The SMILES string of the molecule is N#Cc1ccnc(N2CCN(C(=O)c3cc(-c4ccccc4)nc4c3cnn4Cc3ccccc3)CC2)c1. The van der Waals surface area contributed by atoms with Gasteiger partial charge in [-0.15, -0.1) is 0 Å². The minimum atomic E-state index is -0.0350. The van der Waals surface area contributed by atoms with Crippen molar-refractivity contribution in [2.45, 2.75) is 6.54 Å². The average Bonchev–Trinajstić information content (AvgIpc) is 3.40. The fourth-order valence-electron chi connectivity index (χ4n) is 4.82. The van der Waals surface area contributed by atoms with Crippen molar-refractivity contribution in [1.29, 1.82) is 5.26 Å². The standard InChI is InChI=1S/C30H25N7O/c31-19-23-11-12-32-28(17-23)35-13-15-36(16-14-35)30(38)25-18-27(24-9-5-2-6-10-24)34-29-26(25)20-33-37(29)21-22-7-3-1-4-8-22/h1-12,17-18,20H,13-16,21H2. The zero-order valence-corrected chi connectivity index (χ0v) is 20.7. The van der Waals surface area contributed by atoms with Crippen molar-refractivity contribution in [3.05, 3.63) is 108 Å². The Morgan fingerprint density at radius 2 is 1.66 bits per heavy atom. The molecule has 8 heteroatoms. The van der Waals surface area contributed by atoms with Crippen LogP contribution in [-0.4, -0.2) is 56.7 Å². The first kappa shape index (κ1) is 23.4. The fourth-order valence-corrected chi connectivity index (χ4v) is 4.82. The smallest absolute Gasteiger partial charge is 0.254 e. The van der Waals surface area contributed by atoms with Crippen LogP contribution in [0.25, 0.3) is 22.3 Å². The number of hydrogen-bond donors (Lipinski definition) is 0. The summed E-state index contributed by atoms with van der Waals surface area (Å²) in [6.07, 6.45) is 3.40. The molecule has 1 fully saturated rings. The van der Waals surface area contributed by atoms with Gasteiger partial charge in [0.1, 0.15) is 5.82 Å². The van der Waals surface area contributed by atoms with Gasteiger partial charge in [-0.1, -0.05) is 60.7 Å². The van der Waals surface area contributed by atoms with Crippen molar-refractivity contribution in [2.75, 3.05) is 31.1 Å². The number of hydrogen-bond acceptors (Lipinski definition) is 6. The second-order valence-electron chi connectivity index (χ2n) is 9.24. The van der Waals surface area contributed by atoms with E-state index >= 15 is 0 Å². The van der Waals surface area contributed by atoms with Gasteiger partial charge in [0.25, 0.3) is 5.91 Å². The van der Waals surface area contributed by atoms with Crippen molar-refractivity contribution in [1.82, 2.24) is 24.6 Å². The number of aromatic nitrogens is 4. The Kier molecular flexibility index (Phi) is 6.24. The van der Waals surface area contributed by atoms with Gasteiger partial charge in [0.2, 0.25) is 0 Å². The third-order valence-corrected chi connectivity index (χ3v) is 6.85. The minimum absolute atomic E-state index is 0.0350. The first-order valence-corrected chi connectivity index (χ1v) is 12.6. The van der Waals surface area contributed by atoms with Crippen LogP contribution in [-0.2, 0) is 6.54 Å². The molecule has 1 amide bonds. The quantitative estimate of drug-likeness (QED) is 0.357. The molecule has 0 N–H and O–H groups in total. The molecule has 38 heavy (non-hydrogen) atoms. The summed E-state index contributed by atoms with van der Waals surface area (Å²) in [6.45, 7) is 2.96. The number of fused-ring (bicyclic) bond motifs is 1. The number of piperazine rings is 1. The molecule has 1 aliphatic rings. The first-order valence-electron chi connectivity index (χ1n) is 12.6. The number of benzene rings is 2. The Morgan fingerprint density at radius 3 is 2.39 bits per heavy atom. The molecule has 3 aromatic heterocycles. The van der Waals surface area contributed by atoms with Crippen molar-refractivity contribution >= 4 is 22.8 Å². The minimum Gasteiger partial charge on any atom is -0.353 e. The van der Waals surface area contributed by atoms with Gasteiger partial charge in [-0.2, -0.15) is 10.4 Å². The van der Waals surface area contributed by atoms with Gasteiger partial charge in [0, 0.05) is 37.9 Å². The monoisotopic (exact) mass is 499 g/mol. The van der Waals surface area contributed by atoms with E-state index in [-0.39, 0.29) is 5.91 Å². The molecule has 0 aliphatic carbocycles. The summed E-state index contributed by atoms with van der Waals surface area (Å²) in [4.78, 5) is 27.2. The molecule has 0 spiro atoms. The largest absolute Gasteiger partial charge is 0.353 e. The van der Waals surface area contributed by atoms with Gasteiger partial charge in [-0.05, 0) is 23.8 Å². The predicted molar refractivity (Wildman–Crippen MR) is 146 cm³/mol. The van der Waals surface area contributed by atoms with Gasteiger partial charge in [-0.25, -0.2) is 14.6 Å². The molecule has 186 valence electrons. The molecule has 5 aromatic rings. The lowest BCUT2D eigenvalue weighted by molar-refractivity contribution is 0.0748. The lowest BCUT2D eigenvalue weighted by atomic mass is 10.1. The number of nitriles is 1. The van der Waals surface area contributed by atoms with Crippen LogP contribution in [0.4, 0.5) is 5.82 Å². The van der Waals surface area contributed by atoms with E-state index in [9.17, 15) is 10.1 Å². The Bertz CT molecular complexity index is 1630. The molecule has 1 aliphatic heterocycles. The van der Waals surface area contributed by atoms with Crippen LogP contribution in [0.5, 0.6) is 0 Å². The summed E-state index contributed by atoms with van der Waals surface area (Å²) in [5.74, 6) is 0.725. The van der Waals surface area contributed by atoms with Gasteiger partial charge >= 0.3 is 0 Å². The molecule has 0 bridgehead atoms. The zero-order valence-electron chi connectivity index (χ0n) is 20.7. The second-order valence-corrected chi connectivity index (χ2v) is 9.24. The number of rotatable bonds is 5. The number of pyridine rings is 2. The summed E-state index contributed by atoms with van der Waals surface area (Å²) in [5.41, 5.74) is 4.67. The van der Waals surface area contributed by atoms with Gasteiger partial charge in [0.05, 0.1) is 41.0 Å². The summed E-state index contributed by atoms with van der Waals surface area (Å²) in [7, 11) is 0. The van der Waals surface area contributed by atoms with Crippen molar-refractivity contribution in [3.63, 3.8) is 0 Å². The van der Waals surface area contributed by atoms with E-state index in [0.717, 1.165) is 28.0 Å². The third-order valence-electron chi connectivity index (χ3n) is 6.85. The Morgan fingerprint density at radius 1 is 0.921 bits per heavy atom. The van der Waals surface area contributed by atoms with Crippen molar-refractivity contribution in [3.8, 4) is 17.3 Å². The average molecular weight is 500 g/mol. The van der Waals surface area contributed by atoms with E-state index in [0.29, 0.717) is 49.5 Å². The maximum Gasteiger partial charge on any atom is 0.254 e. The predicted octanol–water partition coefficient (Wildman–Crippen LogP) is 4.38. The number of amides is 1. The molecule has 8 nitrogen and oxygen atoms in total. The van der Waals surface area contributed by atoms with E-state index < -0.39 is 0 Å². The number of carbonyl (C=O) groups is 1. The van der Waals surface area contributed by atoms with Crippen LogP contribution in [0.2, 0.25) is 0 Å². The molecule has 0 radical (unpaired) electrons. The summed E-state index contributed by atoms with van der Waals surface area (Å²) < 4.78 is 1.86. The lowest BCUT2D eigenvalue weighted by Crippen LogP contribution is -2.49. The Balaban J connectivity index is 1.32. The van der Waals surface area contributed by atoms with Crippen LogP contribution < -0.4 is 4.90 Å². The molecular formula is C30H25N7O. The van der Waals surface area contributed by atoms with Gasteiger partial charge in [0.15, 0.2) is 5.65 Å². The maximum atomic E-state index is 13.9. The van der Waals surface area contributed by atoms with Gasteiger partial charge in [-0.3, -0.25) is 4.79 Å². The fraction of sp³-hybridized carbons (Fsp3) is 0.167. The molecule has 2 aromatic carbocycles. The van der Waals surface area contributed by atoms with Crippen molar-refractivity contribution in [2.24, 2.45) is 0 Å². The summed E-state index contributed by atoms with van der Waals surface area (Å²) >= 11 is 0. The second kappa shape index (κ2) is 10.1. The van der Waals surface area contributed by atoms with Gasteiger partial charge < -0.3 is 9.80 Å². The lowest BCUT2D eigenvalue weighted by Gasteiger charge is -2.35. The van der Waals surface area contributed by atoms with E-state index in [1.807, 2.05) is 64.2 Å². The summed E-state index contributed by atoms with van der Waals surface area (Å²) in [6, 6.07) is 27.6. The third kappa shape index (κ3) is 4.58. The number of carbonyl (C=O) groups excluding carboxylic acids is 1. The summed E-state index contributed by atoms with van der Waals surface area (Å²) in [5, 5.41) is 14.6. The van der Waals surface area contributed by atoms with E-state index in [1.165, 1.54) is 0 Å². The number of nitrogens with zero attached hydrogens (tertiary/aromatic N) is 7. The normalized spacial score (nSPS) is 13.4. The molecule has 0 atom stereocenters. The van der Waals surface area contributed by atoms with Crippen molar-refractivity contribution < 1.29 is 4.79 Å². The molecular weight excluding hydrogens is 474 g/mol. The van der Waals surface area contributed by atoms with E-state index in [2.05, 4.69) is 33.2 Å². The molecule has 0 saturated carbocycles. The maximum absolute atomic E-state index is 13.9. The van der Waals surface area contributed by atoms with E-state index in [1.54, 1.807) is 24.5 Å². The highest BCUT2D eigenvalue weighted by molar-refractivity contribution is 6.06.